The number of benzene rings is 1. The van der Waals surface area contributed by atoms with E-state index in [0.29, 0.717) is 12.3 Å². The normalized spacial score (nSPS) is 20.3. The Kier molecular flexibility index (Phi) is 13.1. The molecular weight excluding hydrogens is 527 g/mol. The average Bonchev–Trinajstić information content (AvgIpc) is 2.80. The van der Waals surface area contributed by atoms with E-state index in [1.54, 1.807) is 0 Å². The number of piperidine rings is 1. The number of halogens is 1. The monoisotopic (exact) mass is 570 g/mol. The highest BCUT2D eigenvalue weighted by Gasteiger charge is 2.23. The molecule has 2 aliphatic heterocycles. The zero-order valence-corrected chi connectivity index (χ0v) is 22.6. The molecule has 186 valence electrons. The maximum atomic E-state index is 11.3. The second-order valence-corrected chi connectivity index (χ2v) is 9.17. The molecule has 2 fully saturated rings. The minimum atomic E-state index is -0.195. The number of likely N-dealkylation sites (tertiary alicyclic amines) is 1. The average molecular weight is 571 g/mol. The van der Waals surface area contributed by atoms with Gasteiger partial charge in [0.05, 0.1) is 0 Å². The fraction of sp³-hybridized carbons (Fsp3) is 0.680. The van der Waals surface area contributed by atoms with Crippen LogP contribution >= 0.6 is 24.0 Å². The van der Waals surface area contributed by atoms with Gasteiger partial charge < -0.3 is 20.9 Å². The van der Waals surface area contributed by atoms with Gasteiger partial charge in [-0.15, -0.1) is 24.0 Å². The van der Waals surface area contributed by atoms with Crippen molar-refractivity contribution in [3.63, 3.8) is 0 Å². The molecule has 1 aromatic carbocycles. The van der Waals surface area contributed by atoms with E-state index in [4.69, 9.17) is 10.7 Å². The lowest BCUT2D eigenvalue weighted by Crippen LogP contribution is -2.47. The molecule has 0 saturated carbocycles. The van der Waals surface area contributed by atoms with Gasteiger partial charge in [-0.25, -0.2) is 0 Å². The molecular formula is C25H43IN6O. The number of amides is 1. The molecule has 0 aromatic heterocycles. The Balaban J connectivity index is 0.00000385. The van der Waals surface area contributed by atoms with Gasteiger partial charge >= 0.3 is 0 Å². The Bertz CT molecular complexity index is 708. The Hall–Kier alpha value is -1.39. The summed E-state index contributed by atoms with van der Waals surface area (Å²) in [4.78, 5) is 23.6. The van der Waals surface area contributed by atoms with Gasteiger partial charge in [0.15, 0.2) is 5.96 Å². The largest absolute Gasteiger partial charge is 0.370 e. The molecule has 1 amide bonds. The van der Waals surface area contributed by atoms with Gasteiger partial charge in [-0.3, -0.25) is 14.7 Å². The van der Waals surface area contributed by atoms with E-state index in [-0.39, 0.29) is 29.9 Å². The van der Waals surface area contributed by atoms with Crippen LogP contribution in [0.1, 0.15) is 44.6 Å². The molecule has 2 heterocycles. The number of aliphatic imine (C=N–C) groups is 1. The summed E-state index contributed by atoms with van der Waals surface area (Å²) in [5.41, 5.74) is 6.82. The van der Waals surface area contributed by atoms with Gasteiger partial charge in [-0.05, 0) is 50.6 Å². The highest BCUT2D eigenvalue weighted by atomic mass is 127. The maximum absolute atomic E-state index is 11.3. The summed E-state index contributed by atoms with van der Waals surface area (Å²) in [7, 11) is 0. The summed E-state index contributed by atoms with van der Waals surface area (Å²) in [5, 5.41) is 3.44. The van der Waals surface area contributed by atoms with Crippen molar-refractivity contribution < 1.29 is 4.79 Å². The number of guanidine groups is 1. The lowest BCUT2D eigenvalue weighted by atomic mass is 9.95. The van der Waals surface area contributed by atoms with Crippen LogP contribution in [0.5, 0.6) is 0 Å². The lowest BCUT2D eigenvalue weighted by Gasteiger charge is -2.35. The molecule has 7 nitrogen and oxygen atoms in total. The summed E-state index contributed by atoms with van der Waals surface area (Å²) in [6.07, 6.45) is 4.95. The summed E-state index contributed by atoms with van der Waals surface area (Å²) >= 11 is 0. The molecule has 8 heteroatoms. The second kappa shape index (κ2) is 15.5. The Morgan fingerprint density at radius 2 is 1.82 bits per heavy atom. The molecule has 1 aromatic rings. The highest BCUT2D eigenvalue weighted by molar-refractivity contribution is 14.0. The SMILES string of the molecule is CCNC(=NCCCCN1CCN(Cc2ccccc2)CC1)N1CCCC(CC(N)=O)C1.I. The molecule has 1 atom stereocenters. The van der Waals surface area contributed by atoms with Gasteiger partial charge in [0.1, 0.15) is 0 Å². The number of nitrogens with one attached hydrogen (secondary N) is 1. The van der Waals surface area contributed by atoms with Crippen LogP contribution in [0.15, 0.2) is 35.3 Å². The first-order valence-corrected chi connectivity index (χ1v) is 12.4. The zero-order chi connectivity index (χ0) is 22.6. The first-order valence-electron chi connectivity index (χ1n) is 12.4. The number of carbonyl (C=O) groups excluding carboxylic acids is 1. The van der Waals surface area contributed by atoms with Crippen molar-refractivity contribution in [1.82, 2.24) is 20.0 Å². The van der Waals surface area contributed by atoms with Crippen LogP contribution in [0.25, 0.3) is 0 Å². The molecule has 3 N–H and O–H groups in total. The van der Waals surface area contributed by atoms with E-state index in [2.05, 4.69) is 57.3 Å². The second-order valence-electron chi connectivity index (χ2n) is 9.17. The third kappa shape index (κ3) is 10.2. The van der Waals surface area contributed by atoms with Crippen molar-refractivity contribution in [1.29, 1.82) is 0 Å². The van der Waals surface area contributed by atoms with Gasteiger partial charge in [-0.2, -0.15) is 0 Å². The van der Waals surface area contributed by atoms with Gasteiger partial charge in [0.2, 0.25) is 5.91 Å². The molecule has 1 unspecified atom stereocenters. The molecule has 0 bridgehead atoms. The molecule has 2 aliphatic rings. The first-order chi connectivity index (χ1) is 15.6. The zero-order valence-electron chi connectivity index (χ0n) is 20.3. The van der Waals surface area contributed by atoms with E-state index in [1.807, 2.05) is 0 Å². The summed E-state index contributed by atoms with van der Waals surface area (Å²) in [6, 6.07) is 10.8. The number of nitrogens with zero attached hydrogens (tertiary/aromatic N) is 4. The van der Waals surface area contributed by atoms with Crippen LogP contribution in [0, 0.1) is 5.92 Å². The number of hydrogen-bond acceptors (Lipinski definition) is 4. The standard InChI is InChI=1S/C25H42N6O.HI/c1-2-27-25(31-14-8-11-23(21-31)19-24(26)32)28-12-6-7-13-29-15-17-30(18-16-29)20-22-9-4-3-5-10-22;/h3-5,9-10,23H,2,6-8,11-21H2,1H3,(H2,26,32)(H,27,28);1H. The smallest absolute Gasteiger partial charge is 0.217 e. The van der Waals surface area contributed by atoms with Gasteiger partial charge in [0, 0.05) is 65.3 Å². The lowest BCUT2D eigenvalue weighted by molar-refractivity contribution is -0.119. The molecule has 2 saturated heterocycles. The van der Waals surface area contributed by atoms with Crippen molar-refractivity contribution in [2.75, 3.05) is 58.9 Å². The third-order valence-corrected chi connectivity index (χ3v) is 6.50. The van der Waals surface area contributed by atoms with Crippen molar-refractivity contribution in [2.24, 2.45) is 16.6 Å². The van der Waals surface area contributed by atoms with Crippen molar-refractivity contribution >= 4 is 35.8 Å². The molecule has 33 heavy (non-hydrogen) atoms. The number of piperazine rings is 1. The quantitative estimate of drug-likeness (QED) is 0.196. The fourth-order valence-electron chi connectivity index (χ4n) is 4.78. The van der Waals surface area contributed by atoms with Crippen LogP contribution in [0.4, 0.5) is 0 Å². The minimum Gasteiger partial charge on any atom is -0.370 e. The van der Waals surface area contributed by atoms with Crippen LogP contribution in [-0.4, -0.2) is 85.5 Å². The Morgan fingerprint density at radius 3 is 2.52 bits per heavy atom. The van der Waals surface area contributed by atoms with E-state index >= 15 is 0 Å². The Morgan fingerprint density at radius 1 is 1.09 bits per heavy atom. The van der Waals surface area contributed by atoms with Gasteiger partial charge in [-0.1, -0.05) is 30.3 Å². The Labute approximate surface area is 217 Å². The predicted molar refractivity (Wildman–Crippen MR) is 147 cm³/mol. The number of primary amides is 1. The van der Waals surface area contributed by atoms with E-state index < -0.39 is 0 Å². The summed E-state index contributed by atoms with van der Waals surface area (Å²) in [5.74, 6) is 1.15. The number of hydrogen-bond donors (Lipinski definition) is 2. The van der Waals surface area contributed by atoms with Crippen molar-refractivity contribution in [3.8, 4) is 0 Å². The number of carbonyl (C=O) groups is 1. The number of rotatable bonds is 10. The minimum absolute atomic E-state index is 0. The highest BCUT2D eigenvalue weighted by Crippen LogP contribution is 2.19. The number of unbranched alkanes of at least 4 members (excludes halogenated alkanes) is 1. The van der Waals surface area contributed by atoms with E-state index in [9.17, 15) is 4.79 Å². The molecule has 0 aliphatic carbocycles. The van der Waals surface area contributed by atoms with Crippen LogP contribution < -0.4 is 11.1 Å². The van der Waals surface area contributed by atoms with Gasteiger partial charge in [0.25, 0.3) is 0 Å². The first kappa shape index (κ1) is 27.9. The van der Waals surface area contributed by atoms with Crippen LogP contribution in [0.2, 0.25) is 0 Å². The third-order valence-electron chi connectivity index (χ3n) is 6.50. The van der Waals surface area contributed by atoms with E-state index in [0.717, 1.165) is 90.7 Å². The van der Waals surface area contributed by atoms with Crippen molar-refractivity contribution in [2.45, 2.75) is 45.6 Å². The molecule has 0 radical (unpaired) electrons. The summed E-state index contributed by atoms with van der Waals surface area (Å²) < 4.78 is 0. The predicted octanol–water partition coefficient (Wildman–Crippen LogP) is 2.76. The molecule has 3 rings (SSSR count). The number of nitrogens with two attached hydrogens (primary N) is 1. The van der Waals surface area contributed by atoms with Crippen LogP contribution in [0.3, 0.4) is 0 Å². The molecule has 0 spiro atoms. The summed E-state index contributed by atoms with van der Waals surface area (Å²) in [6.45, 7) is 12.6. The van der Waals surface area contributed by atoms with E-state index in [1.165, 1.54) is 12.0 Å². The fourth-order valence-corrected chi connectivity index (χ4v) is 4.78. The maximum Gasteiger partial charge on any atom is 0.217 e. The van der Waals surface area contributed by atoms with Crippen LogP contribution in [-0.2, 0) is 11.3 Å². The topological polar surface area (TPSA) is 77.2 Å². The van der Waals surface area contributed by atoms with Crippen molar-refractivity contribution in [3.05, 3.63) is 35.9 Å².